The summed E-state index contributed by atoms with van der Waals surface area (Å²) in [6.07, 6.45) is 0.580. The van der Waals surface area contributed by atoms with Crippen LogP contribution in [0.3, 0.4) is 0 Å². The second-order valence-electron chi connectivity index (χ2n) is 9.06. The van der Waals surface area contributed by atoms with Gasteiger partial charge in [-0.1, -0.05) is 35.0 Å². The molecule has 0 N–H and O–H groups in total. The number of carbonyl (C=O) groups excluding carboxylic acids is 1. The molecule has 0 aliphatic carbocycles. The number of nitrogens with zero attached hydrogens (tertiary/aromatic N) is 4. The van der Waals surface area contributed by atoms with Crippen molar-refractivity contribution in [3.05, 3.63) is 99.0 Å². The Morgan fingerprint density at radius 2 is 1.68 bits per heavy atom. The summed E-state index contributed by atoms with van der Waals surface area (Å²) in [5.74, 6) is 1.11. The Morgan fingerprint density at radius 3 is 2.30 bits per heavy atom. The SMILES string of the molecule is CCC(c1nc2ccccc2c(=O)n1-c1ccc(OC)cc1)N(CCN(C)C)C(=O)c1ccc(Br)cc1. The number of carbonyl (C=O) groups is 1. The molecule has 3 aromatic carbocycles. The number of para-hydroxylation sites is 1. The Kier molecular flexibility index (Phi) is 8.41. The molecule has 192 valence electrons. The molecule has 7 nitrogen and oxygen atoms in total. The molecule has 4 aromatic rings. The van der Waals surface area contributed by atoms with Crippen molar-refractivity contribution in [2.45, 2.75) is 19.4 Å². The number of fused-ring (bicyclic) bond motifs is 1. The molecule has 0 aliphatic heterocycles. The van der Waals surface area contributed by atoms with Gasteiger partial charge in [0.05, 0.1) is 29.7 Å². The third-order valence-corrected chi connectivity index (χ3v) is 6.86. The predicted molar refractivity (Wildman–Crippen MR) is 151 cm³/mol. The Balaban J connectivity index is 1.92. The highest BCUT2D eigenvalue weighted by molar-refractivity contribution is 9.10. The van der Waals surface area contributed by atoms with E-state index in [2.05, 4.69) is 15.9 Å². The summed E-state index contributed by atoms with van der Waals surface area (Å²) in [6, 6.07) is 21.6. The smallest absolute Gasteiger partial charge is 0.266 e. The normalized spacial score (nSPS) is 12.1. The minimum atomic E-state index is -0.435. The van der Waals surface area contributed by atoms with Crippen LogP contribution in [0.2, 0.25) is 0 Å². The van der Waals surface area contributed by atoms with Crippen LogP contribution in [0.1, 0.15) is 35.6 Å². The van der Waals surface area contributed by atoms with Crippen LogP contribution in [-0.4, -0.2) is 59.6 Å². The quantitative estimate of drug-likeness (QED) is 0.276. The van der Waals surface area contributed by atoms with Gasteiger partial charge < -0.3 is 14.5 Å². The zero-order valence-electron chi connectivity index (χ0n) is 21.5. The lowest BCUT2D eigenvalue weighted by Crippen LogP contribution is -2.41. The number of amides is 1. The van der Waals surface area contributed by atoms with Crippen molar-refractivity contribution in [2.75, 3.05) is 34.3 Å². The minimum Gasteiger partial charge on any atom is -0.497 e. The maximum Gasteiger partial charge on any atom is 0.266 e. The van der Waals surface area contributed by atoms with Crippen molar-refractivity contribution in [1.29, 1.82) is 0 Å². The van der Waals surface area contributed by atoms with Crippen molar-refractivity contribution in [2.24, 2.45) is 0 Å². The number of likely N-dealkylation sites (N-methyl/N-ethyl adjacent to an activating group) is 1. The van der Waals surface area contributed by atoms with Crippen LogP contribution in [0, 0.1) is 0 Å². The van der Waals surface area contributed by atoms with Gasteiger partial charge in [-0.05, 0) is 81.2 Å². The van der Waals surface area contributed by atoms with E-state index in [-0.39, 0.29) is 11.5 Å². The molecular formula is C29H31BrN4O3. The van der Waals surface area contributed by atoms with Crippen LogP contribution in [-0.2, 0) is 0 Å². The number of ether oxygens (including phenoxy) is 1. The van der Waals surface area contributed by atoms with Gasteiger partial charge in [-0.3, -0.25) is 14.2 Å². The molecular weight excluding hydrogens is 532 g/mol. The van der Waals surface area contributed by atoms with Gasteiger partial charge in [0.2, 0.25) is 0 Å². The highest BCUT2D eigenvalue weighted by Crippen LogP contribution is 2.28. The number of rotatable bonds is 9. The van der Waals surface area contributed by atoms with E-state index in [0.29, 0.717) is 53.2 Å². The van der Waals surface area contributed by atoms with Gasteiger partial charge in [0.25, 0.3) is 11.5 Å². The molecule has 0 saturated carbocycles. The Bertz CT molecular complexity index is 1430. The molecule has 0 bridgehead atoms. The van der Waals surface area contributed by atoms with Crippen LogP contribution >= 0.6 is 15.9 Å². The van der Waals surface area contributed by atoms with E-state index in [1.165, 1.54) is 0 Å². The van der Waals surface area contributed by atoms with Crippen LogP contribution in [0.5, 0.6) is 5.75 Å². The number of aromatic nitrogens is 2. The standard InChI is InChI=1S/C29H31BrN4O3/c1-5-26(33(19-18-32(2)3)28(35)20-10-12-21(30)13-11-20)27-31-25-9-7-6-8-24(25)29(36)34(27)22-14-16-23(37-4)17-15-22/h6-17,26H,5,18-19H2,1-4H3. The summed E-state index contributed by atoms with van der Waals surface area (Å²) in [6.45, 7) is 3.16. The molecule has 0 fully saturated rings. The molecule has 0 radical (unpaired) electrons. The predicted octanol–water partition coefficient (Wildman–Crippen LogP) is 5.31. The summed E-state index contributed by atoms with van der Waals surface area (Å²) in [5.41, 5.74) is 1.68. The van der Waals surface area contributed by atoms with E-state index in [0.717, 1.165) is 4.47 Å². The van der Waals surface area contributed by atoms with Gasteiger partial charge >= 0.3 is 0 Å². The first-order chi connectivity index (χ1) is 17.8. The van der Waals surface area contributed by atoms with Crippen molar-refractivity contribution < 1.29 is 9.53 Å². The van der Waals surface area contributed by atoms with Gasteiger partial charge in [0, 0.05) is 23.1 Å². The molecule has 4 rings (SSSR count). The Hall–Kier alpha value is -3.49. The number of halogens is 1. The molecule has 0 saturated heterocycles. The van der Waals surface area contributed by atoms with Gasteiger partial charge in [-0.25, -0.2) is 4.98 Å². The topological polar surface area (TPSA) is 67.7 Å². The number of hydrogen-bond donors (Lipinski definition) is 0. The summed E-state index contributed by atoms with van der Waals surface area (Å²) in [4.78, 5) is 36.6. The minimum absolute atomic E-state index is 0.107. The number of hydrogen-bond acceptors (Lipinski definition) is 5. The highest BCUT2D eigenvalue weighted by Gasteiger charge is 2.29. The van der Waals surface area contributed by atoms with Crippen LogP contribution < -0.4 is 10.3 Å². The average molecular weight is 563 g/mol. The molecule has 0 aliphatic rings. The lowest BCUT2D eigenvalue weighted by Gasteiger charge is -2.33. The monoisotopic (exact) mass is 562 g/mol. The summed E-state index contributed by atoms with van der Waals surface area (Å²) in [5, 5.41) is 0.524. The first kappa shape index (κ1) is 26.6. The van der Waals surface area contributed by atoms with Gasteiger partial charge in [0.1, 0.15) is 11.6 Å². The first-order valence-corrected chi connectivity index (χ1v) is 13.0. The number of methoxy groups -OCH3 is 1. The largest absolute Gasteiger partial charge is 0.497 e. The van der Waals surface area contributed by atoms with E-state index in [9.17, 15) is 9.59 Å². The van der Waals surface area contributed by atoms with E-state index >= 15 is 0 Å². The second-order valence-corrected chi connectivity index (χ2v) is 9.97. The molecule has 1 unspecified atom stereocenters. The first-order valence-electron chi connectivity index (χ1n) is 12.2. The van der Waals surface area contributed by atoms with Crippen molar-refractivity contribution in [3.8, 4) is 11.4 Å². The zero-order valence-corrected chi connectivity index (χ0v) is 23.1. The molecule has 1 aromatic heterocycles. The lowest BCUT2D eigenvalue weighted by molar-refractivity contribution is 0.0644. The Morgan fingerprint density at radius 1 is 1.00 bits per heavy atom. The third kappa shape index (κ3) is 5.76. The fourth-order valence-corrected chi connectivity index (χ4v) is 4.63. The lowest BCUT2D eigenvalue weighted by atomic mass is 10.1. The van der Waals surface area contributed by atoms with E-state index in [1.54, 1.807) is 17.7 Å². The van der Waals surface area contributed by atoms with Crippen LogP contribution in [0.15, 0.2) is 82.1 Å². The van der Waals surface area contributed by atoms with Crippen molar-refractivity contribution in [1.82, 2.24) is 19.4 Å². The molecule has 1 amide bonds. The van der Waals surface area contributed by atoms with Gasteiger partial charge in [0.15, 0.2) is 0 Å². The Labute approximate surface area is 225 Å². The zero-order chi connectivity index (χ0) is 26.5. The molecule has 0 spiro atoms. The maximum atomic E-state index is 13.9. The van der Waals surface area contributed by atoms with Gasteiger partial charge in [-0.15, -0.1) is 0 Å². The van der Waals surface area contributed by atoms with E-state index in [1.807, 2.05) is 97.5 Å². The summed E-state index contributed by atoms with van der Waals surface area (Å²) in [7, 11) is 5.56. The van der Waals surface area contributed by atoms with Crippen LogP contribution in [0.4, 0.5) is 0 Å². The molecule has 1 heterocycles. The maximum absolute atomic E-state index is 13.9. The van der Waals surface area contributed by atoms with Crippen molar-refractivity contribution in [3.63, 3.8) is 0 Å². The van der Waals surface area contributed by atoms with Crippen LogP contribution in [0.25, 0.3) is 16.6 Å². The molecule has 1 atom stereocenters. The average Bonchev–Trinajstić information content (AvgIpc) is 2.91. The fourth-order valence-electron chi connectivity index (χ4n) is 4.36. The third-order valence-electron chi connectivity index (χ3n) is 6.33. The van der Waals surface area contributed by atoms with Crippen molar-refractivity contribution >= 4 is 32.7 Å². The molecule has 8 heteroatoms. The second kappa shape index (κ2) is 11.7. The highest BCUT2D eigenvalue weighted by atomic mass is 79.9. The molecule has 37 heavy (non-hydrogen) atoms. The number of benzene rings is 3. The van der Waals surface area contributed by atoms with E-state index < -0.39 is 6.04 Å². The summed E-state index contributed by atoms with van der Waals surface area (Å²) < 4.78 is 7.86. The van der Waals surface area contributed by atoms with E-state index in [4.69, 9.17) is 9.72 Å². The summed E-state index contributed by atoms with van der Waals surface area (Å²) >= 11 is 3.45. The van der Waals surface area contributed by atoms with Gasteiger partial charge in [-0.2, -0.15) is 0 Å². The fraction of sp³-hybridized carbons (Fsp3) is 0.276.